The molecule has 2 heteroatoms. The summed E-state index contributed by atoms with van der Waals surface area (Å²) >= 11 is 0. The normalized spacial score (nSPS) is 1.75. The zero-order chi connectivity index (χ0) is 2.71. The number of hydrogen-bond donors (Lipinski definition) is 0. The second-order valence-electron chi connectivity index (χ2n) is 0.158. The summed E-state index contributed by atoms with van der Waals surface area (Å²) in [7, 11) is 0. The second kappa shape index (κ2) is 11.6. The number of nitrogens with zero attached hydrogens (tertiary/aromatic N) is 1. The molecular formula is C2H2NW+. The van der Waals surface area contributed by atoms with E-state index in [0.717, 1.165) is 0 Å². The van der Waals surface area contributed by atoms with Crippen molar-refractivity contribution in [1.29, 1.82) is 5.26 Å². The van der Waals surface area contributed by atoms with Crippen molar-refractivity contribution >= 4 is 0 Å². The molecule has 0 bridgehead atoms. The third-order valence-corrected chi connectivity index (χ3v) is 0. The van der Waals surface area contributed by atoms with Crippen LogP contribution < -0.4 is 0 Å². The Kier molecular flexibility index (Phi) is 26.1. The Balaban J connectivity index is 0. The fourth-order valence-corrected chi connectivity index (χ4v) is 0. The van der Waals surface area contributed by atoms with Crippen LogP contribution in [-0.2, 0) is 21.1 Å². The van der Waals surface area contributed by atoms with E-state index in [-0.39, 0.29) is 21.1 Å². The zero-order valence-corrected chi connectivity index (χ0v) is 5.00. The van der Waals surface area contributed by atoms with Crippen LogP contribution in [0.4, 0.5) is 0 Å². The van der Waals surface area contributed by atoms with Crippen molar-refractivity contribution in [1.82, 2.24) is 0 Å². The van der Waals surface area contributed by atoms with E-state index in [9.17, 15) is 0 Å². The molecule has 4 heavy (non-hydrogen) atoms. The first-order valence-corrected chi connectivity index (χ1v) is 0.577. The Hall–Kier alpha value is 0.0483. The van der Waals surface area contributed by atoms with Crippen molar-refractivity contribution in [2.45, 2.75) is 0 Å². The van der Waals surface area contributed by atoms with Crippen molar-refractivity contribution in [2.75, 3.05) is 0 Å². The first-order chi connectivity index (χ1) is 1.41. The molecule has 0 radical (unpaired) electrons. The molecule has 20 valence electrons. The van der Waals surface area contributed by atoms with Crippen LogP contribution >= 0.6 is 0 Å². The molecule has 0 aromatic rings. The Morgan fingerprint density at radius 2 is 1.75 bits per heavy atom. The zero-order valence-electron chi connectivity index (χ0n) is 2.06. The van der Waals surface area contributed by atoms with Crippen molar-refractivity contribution in [3.05, 3.63) is 6.92 Å². The third kappa shape index (κ3) is 964. The van der Waals surface area contributed by atoms with Gasteiger partial charge < -0.3 is 6.92 Å². The molecule has 0 aromatic carbocycles. The van der Waals surface area contributed by atoms with Crippen LogP contribution in [0.3, 0.4) is 0 Å². The van der Waals surface area contributed by atoms with Crippen LogP contribution in [0.2, 0.25) is 0 Å². The van der Waals surface area contributed by atoms with E-state index in [2.05, 4.69) is 6.92 Å². The van der Waals surface area contributed by atoms with Crippen LogP contribution in [0.1, 0.15) is 0 Å². The Bertz CT molecular complexity index is 27.5. The van der Waals surface area contributed by atoms with Crippen LogP contribution in [0, 0.1) is 18.3 Å². The van der Waals surface area contributed by atoms with Gasteiger partial charge in [-0.3, -0.25) is 0 Å². The van der Waals surface area contributed by atoms with Crippen molar-refractivity contribution in [3.8, 4) is 6.07 Å². The standard InChI is InChI=1S/C2H2N.W/c1-2-3;/h1H2;/q-1;+2. The molecule has 0 rings (SSSR count). The molecule has 0 fully saturated rings. The summed E-state index contributed by atoms with van der Waals surface area (Å²) in [6.07, 6.45) is 0. The molecule has 0 amide bonds. The van der Waals surface area contributed by atoms with E-state index in [1.807, 2.05) is 0 Å². The number of rotatable bonds is 0. The summed E-state index contributed by atoms with van der Waals surface area (Å²) in [6, 6.07) is 1.50. The molecule has 0 saturated carbocycles. The number of hydrogen-bond acceptors (Lipinski definition) is 1. The van der Waals surface area contributed by atoms with Gasteiger partial charge in [0.05, 0.1) is 0 Å². The summed E-state index contributed by atoms with van der Waals surface area (Å²) in [5.41, 5.74) is 0. The molecule has 0 spiro atoms. The SMILES string of the molecule is [CH2-]C#N.[W+2]. The average Bonchev–Trinajstić information content (AvgIpc) is 0.918. The minimum absolute atomic E-state index is 0. The van der Waals surface area contributed by atoms with Gasteiger partial charge in [0.2, 0.25) is 0 Å². The van der Waals surface area contributed by atoms with Gasteiger partial charge in [-0.25, -0.2) is 5.26 Å². The maximum Gasteiger partial charge on any atom is 2.00 e. The van der Waals surface area contributed by atoms with E-state index in [1.54, 1.807) is 0 Å². The van der Waals surface area contributed by atoms with Crippen LogP contribution in [0.5, 0.6) is 0 Å². The van der Waals surface area contributed by atoms with Gasteiger partial charge in [-0.1, -0.05) is 0 Å². The van der Waals surface area contributed by atoms with Gasteiger partial charge in [0.1, 0.15) is 0 Å². The van der Waals surface area contributed by atoms with E-state index in [4.69, 9.17) is 5.26 Å². The van der Waals surface area contributed by atoms with Crippen molar-refractivity contribution in [2.24, 2.45) is 0 Å². The Labute approximate surface area is 39.9 Å². The van der Waals surface area contributed by atoms with Gasteiger partial charge in [-0.05, 0) is 0 Å². The van der Waals surface area contributed by atoms with E-state index in [0.29, 0.717) is 0 Å². The maximum absolute atomic E-state index is 7.21. The van der Waals surface area contributed by atoms with Gasteiger partial charge in [0.25, 0.3) is 0 Å². The predicted octanol–water partition coefficient (Wildman–Crippen LogP) is 0.342. The van der Waals surface area contributed by atoms with Crippen LogP contribution in [-0.4, -0.2) is 0 Å². The van der Waals surface area contributed by atoms with Gasteiger partial charge in [-0.15, -0.1) is 6.07 Å². The summed E-state index contributed by atoms with van der Waals surface area (Å²) in [6.45, 7) is 2.79. The summed E-state index contributed by atoms with van der Waals surface area (Å²) in [5.74, 6) is 0. The molecule has 1 nitrogen and oxygen atoms in total. The smallest absolute Gasteiger partial charge is 0.305 e. The summed E-state index contributed by atoms with van der Waals surface area (Å²) < 4.78 is 0. The fourth-order valence-electron chi connectivity index (χ4n) is 0. The molecule has 0 saturated heterocycles. The van der Waals surface area contributed by atoms with Crippen LogP contribution in [0.15, 0.2) is 0 Å². The summed E-state index contributed by atoms with van der Waals surface area (Å²) in [5, 5.41) is 7.21. The molecule has 0 heterocycles. The van der Waals surface area contributed by atoms with Gasteiger partial charge >= 0.3 is 21.1 Å². The topological polar surface area (TPSA) is 23.8 Å². The minimum Gasteiger partial charge on any atom is -0.305 e. The molecule has 0 aromatic heterocycles. The van der Waals surface area contributed by atoms with E-state index in [1.165, 1.54) is 6.07 Å². The molecule has 0 unspecified atom stereocenters. The number of nitriles is 1. The van der Waals surface area contributed by atoms with E-state index >= 15 is 0 Å². The molecule has 0 atom stereocenters. The first kappa shape index (κ1) is 8.97. The monoisotopic (exact) mass is 224 g/mol. The van der Waals surface area contributed by atoms with Crippen LogP contribution in [0.25, 0.3) is 0 Å². The molecule has 0 aliphatic rings. The molecular weight excluding hydrogens is 222 g/mol. The van der Waals surface area contributed by atoms with Gasteiger partial charge in [0, 0.05) is 0 Å². The Morgan fingerprint density at radius 1 is 1.75 bits per heavy atom. The van der Waals surface area contributed by atoms with Gasteiger partial charge in [0.15, 0.2) is 0 Å². The Morgan fingerprint density at radius 3 is 1.75 bits per heavy atom. The molecule has 0 aliphatic heterocycles. The van der Waals surface area contributed by atoms with E-state index < -0.39 is 0 Å². The molecule has 0 N–H and O–H groups in total. The van der Waals surface area contributed by atoms with Gasteiger partial charge in [-0.2, -0.15) is 0 Å². The first-order valence-electron chi connectivity index (χ1n) is 0.577. The van der Waals surface area contributed by atoms with Crippen molar-refractivity contribution < 1.29 is 21.1 Å². The quantitative estimate of drug-likeness (QED) is 0.544. The second-order valence-corrected chi connectivity index (χ2v) is 0.158. The van der Waals surface area contributed by atoms with Crippen molar-refractivity contribution in [3.63, 3.8) is 0 Å². The predicted molar refractivity (Wildman–Crippen MR) is 11.0 cm³/mol. The summed E-state index contributed by atoms with van der Waals surface area (Å²) in [4.78, 5) is 0. The minimum atomic E-state index is 0. The average molecular weight is 224 g/mol. The fraction of sp³-hybridized carbons (Fsp3) is 0. The largest absolute Gasteiger partial charge is 2.00 e. The third-order valence-electron chi connectivity index (χ3n) is 0. The maximum atomic E-state index is 7.21. The molecule has 0 aliphatic carbocycles.